The summed E-state index contributed by atoms with van der Waals surface area (Å²) in [5, 5.41) is 6.20. The highest BCUT2D eigenvalue weighted by molar-refractivity contribution is 7.80. The lowest BCUT2D eigenvalue weighted by Gasteiger charge is -2.36. The van der Waals surface area contributed by atoms with Crippen LogP contribution < -0.4 is 20.4 Å². The molecule has 0 aromatic heterocycles. The average molecular weight is 440 g/mol. The molecule has 2 amide bonds. The van der Waals surface area contributed by atoms with E-state index in [1.165, 1.54) is 18.1 Å². The number of anilines is 2. The van der Waals surface area contributed by atoms with Crippen molar-refractivity contribution in [3.05, 3.63) is 24.0 Å². The molecule has 30 heavy (non-hydrogen) atoms. The topological polar surface area (TPSA) is 86.4 Å². The molecule has 0 unspecified atom stereocenters. The standard InChI is InChI=1S/C19H26FN5O4S/c1-21-18(30)22-10-14-11-25(19(27)29-14)13-3-4-16(15(20)9-13)23-5-7-24(8-6-23)17(26)12-28-2/h3-4,9,14H,5-8,10-12H2,1-2H3,(H2,21,22,30)/t14-/m0/s1. The zero-order valence-corrected chi connectivity index (χ0v) is 17.8. The first-order chi connectivity index (χ1) is 14.4. The van der Waals surface area contributed by atoms with Gasteiger partial charge in [0.2, 0.25) is 5.91 Å². The lowest BCUT2D eigenvalue weighted by molar-refractivity contribution is -0.135. The summed E-state index contributed by atoms with van der Waals surface area (Å²) < 4.78 is 25.0. The molecule has 1 atom stereocenters. The SMILES string of the molecule is CNC(=S)NC[C@H]1CN(c2ccc(N3CCN(C(=O)COC)CC3)c(F)c2)C(=O)O1. The van der Waals surface area contributed by atoms with Crippen molar-refractivity contribution in [2.45, 2.75) is 6.10 Å². The van der Waals surface area contributed by atoms with Gasteiger partial charge in [0.25, 0.3) is 0 Å². The second kappa shape index (κ2) is 9.90. The summed E-state index contributed by atoms with van der Waals surface area (Å²) in [6.07, 6.45) is -0.904. The van der Waals surface area contributed by atoms with Crippen LogP contribution in [0.25, 0.3) is 0 Å². The highest BCUT2D eigenvalue weighted by Gasteiger charge is 2.33. The molecule has 3 rings (SSSR count). The predicted molar refractivity (Wildman–Crippen MR) is 114 cm³/mol. The van der Waals surface area contributed by atoms with E-state index >= 15 is 0 Å². The minimum Gasteiger partial charge on any atom is -0.442 e. The fraction of sp³-hybridized carbons (Fsp3) is 0.526. The number of amides is 2. The average Bonchev–Trinajstić information content (AvgIpc) is 3.12. The van der Waals surface area contributed by atoms with Crippen LogP contribution in [0, 0.1) is 5.82 Å². The number of piperazine rings is 1. The van der Waals surface area contributed by atoms with Gasteiger partial charge in [-0.05, 0) is 30.4 Å². The van der Waals surface area contributed by atoms with Crippen LogP contribution >= 0.6 is 12.2 Å². The van der Waals surface area contributed by atoms with Gasteiger partial charge >= 0.3 is 6.09 Å². The van der Waals surface area contributed by atoms with Crippen molar-refractivity contribution in [1.82, 2.24) is 15.5 Å². The molecule has 1 aromatic rings. The van der Waals surface area contributed by atoms with Crippen LogP contribution in [0.4, 0.5) is 20.6 Å². The first-order valence-electron chi connectivity index (χ1n) is 9.68. The number of cyclic esters (lactones) is 1. The van der Waals surface area contributed by atoms with Gasteiger partial charge in [-0.2, -0.15) is 0 Å². The van der Waals surface area contributed by atoms with Crippen molar-refractivity contribution < 1.29 is 23.5 Å². The van der Waals surface area contributed by atoms with E-state index in [9.17, 15) is 14.0 Å². The molecule has 0 aliphatic carbocycles. The molecule has 0 saturated carbocycles. The summed E-state index contributed by atoms with van der Waals surface area (Å²) in [5.74, 6) is -0.491. The zero-order chi connectivity index (χ0) is 21.7. The number of hydrogen-bond acceptors (Lipinski definition) is 6. The molecule has 2 fully saturated rings. The molecule has 164 valence electrons. The highest BCUT2D eigenvalue weighted by atomic mass is 32.1. The van der Waals surface area contributed by atoms with E-state index < -0.39 is 11.9 Å². The number of rotatable bonds is 6. The molecule has 1 aromatic carbocycles. The van der Waals surface area contributed by atoms with Crippen molar-refractivity contribution >= 4 is 40.7 Å². The lowest BCUT2D eigenvalue weighted by Crippen LogP contribution is -2.50. The van der Waals surface area contributed by atoms with Gasteiger partial charge in [0.15, 0.2) is 5.11 Å². The summed E-state index contributed by atoms with van der Waals surface area (Å²) in [5.41, 5.74) is 0.886. The van der Waals surface area contributed by atoms with Crippen molar-refractivity contribution in [1.29, 1.82) is 0 Å². The maximum Gasteiger partial charge on any atom is 0.414 e. The smallest absolute Gasteiger partial charge is 0.414 e. The number of nitrogens with zero attached hydrogens (tertiary/aromatic N) is 3. The van der Waals surface area contributed by atoms with Crippen molar-refractivity contribution in [2.24, 2.45) is 0 Å². The minimum atomic E-state index is -0.519. The Balaban J connectivity index is 1.60. The maximum atomic E-state index is 14.8. The fourth-order valence-corrected chi connectivity index (χ4v) is 3.55. The number of methoxy groups -OCH3 is 1. The minimum absolute atomic E-state index is 0.0479. The van der Waals surface area contributed by atoms with E-state index in [1.807, 2.05) is 4.90 Å². The lowest BCUT2D eigenvalue weighted by atomic mass is 10.2. The van der Waals surface area contributed by atoms with Gasteiger partial charge in [0, 0.05) is 40.3 Å². The molecule has 2 N–H and O–H groups in total. The molecule has 9 nitrogen and oxygen atoms in total. The molecule has 0 bridgehead atoms. The molecule has 0 spiro atoms. The predicted octanol–water partition coefficient (Wildman–Crippen LogP) is 0.540. The van der Waals surface area contributed by atoms with Gasteiger partial charge < -0.3 is 29.9 Å². The van der Waals surface area contributed by atoms with E-state index in [1.54, 1.807) is 24.1 Å². The Morgan fingerprint density at radius 1 is 1.33 bits per heavy atom. The Labute approximate surface area is 180 Å². The molecule has 2 aliphatic rings. The van der Waals surface area contributed by atoms with Gasteiger partial charge in [-0.15, -0.1) is 0 Å². The monoisotopic (exact) mass is 439 g/mol. The van der Waals surface area contributed by atoms with Gasteiger partial charge in [-0.25, -0.2) is 9.18 Å². The summed E-state index contributed by atoms with van der Waals surface area (Å²) in [6.45, 7) is 2.78. The van der Waals surface area contributed by atoms with E-state index in [4.69, 9.17) is 21.7 Å². The largest absolute Gasteiger partial charge is 0.442 e. The molecule has 2 saturated heterocycles. The third-order valence-electron chi connectivity index (χ3n) is 5.08. The number of carbonyl (C=O) groups excluding carboxylic acids is 2. The van der Waals surface area contributed by atoms with Crippen molar-refractivity contribution in [3.63, 3.8) is 0 Å². The van der Waals surface area contributed by atoms with Crippen LogP contribution in [0.3, 0.4) is 0 Å². The molecule has 0 radical (unpaired) electrons. The third-order valence-corrected chi connectivity index (χ3v) is 5.42. The van der Waals surface area contributed by atoms with Gasteiger partial charge in [-0.3, -0.25) is 9.69 Å². The Kier molecular flexibility index (Phi) is 7.27. The summed E-state index contributed by atoms with van der Waals surface area (Å²) >= 11 is 5.01. The normalized spacial score (nSPS) is 19.0. The number of halogens is 1. The van der Waals surface area contributed by atoms with Crippen LogP contribution in [0.2, 0.25) is 0 Å². The van der Waals surface area contributed by atoms with E-state index in [0.717, 1.165) is 0 Å². The second-order valence-corrected chi connectivity index (χ2v) is 7.42. The van der Waals surface area contributed by atoms with E-state index in [-0.39, 0.29) is 18.6 Å². The molecular formula is C19H26FN5O4S. The summed E-state index contributed by atoms with van der Waals surface area (Å²) in [4.78, 5) is 29.1. The highest BCUT2D eigenvalue weighted by Crippen LogP contribution is 2.28. The van der Waals surface area contributed by atoms with Crippen LogP contribution in [0.5, 0.6) is 0 Å². The van der Waals surface area contributed by atoms with Crippen LogP contribution in [-0.2, 0) is 14.3 Å². The Morgan fingerprint density at radius 3 is 2.70 bits per heavy atom. The number of ether oxygens (including phenoxy) is 2. The first kappa shape index (κ1) is 22.0. The van der Waals surface area contributed by atoms with Crippen LogP contribution in [0.1, 0.15) is 0 Å². The van der Waals surface area contributed by atoms with Gasteiger partial charge in [0.05, 0.1) is 24.5 Å². The van der Waals surface area contributed by atoms with Crippen LogP contribution in [0.15, 0.2) is 18.2 Å². The Bertz CT molecular complexity index is 803. The van der Waals surface area contributed by atoms with Gasteiger partial charge in [-0.1, -0.05) is 0 Å². The number of hydrogen-bond donors (Lipinski definition) is 2. The summed E-state index contributed by atoms with van der Waals surface area (Å²) in [7, 11) is 3.18. The van der Waals surface area contributed by atoms with Crippen molar-refractivity contribution in [3.8, 4) is 0 Å². The quantitative estimate of drug-likeness (QED) is 0.622. The number of benzene rings is 1. The number of nitrogens with one attached hydrogen (secondary N) is 2. The van der Waals surface area contributed by atoms with Crippen LogP contribution in [-0.4, -0.2) is 88.1 Å². The summed E-state index contributed by atoms with van der Waals surface area (Å²) in [6, 6.07) is 4.70. The zero-order valence-electron chi connectivity index (χ0n) is 17.0. The molecular weight excluding hydrogens is 413 g/mol. The fourth-order valence-electron chi connectivity index (χ4n) is 3.47. The number of carbonyl (C=O) groups is 2. The molecule has 2 aliphatic heterocycles. The Hall–Kier alpha value is -2.66. The molecule has 11 heteroatoms. The van der Waals surface area contributed by atoms with E-state index in [2.05, 4.69) is 10.6 Å². The molecule has 2 heterocycles. The first-order valence-corrected chi connectivity index (χ1v) is 10.1. The van der Waals surface area contributed by atoms with E-state index in [0.29, 0.717) is 55.8 Å². The second-order valence-electron chi connectivity index (χ2n) is 7.01. The van der Waals surface area contributed by atoms with Gasteiger partial charge in [0.1, 0.15) is 18.5 Å². The maximum absolute atomic E-state index is 14.8. The van der Waals surface area contributed by atoms with Crippen molar-refractivity contribution in [2.75, 3.05) is 69.8 Å². The third kappa shape index (κ3) is 5.08. The number of thiocarbonyl (C=S) groups is 1. The Morgan fingerprint density at radius 2 is 2.07 bits per heavy atom.